The minimum atomic E-state index is -4.61. The van der Waals surface area contributed by atoms with Crippen molar-refractivity contribution >= 4 is 21.8 Å². The first-order valence-corrected chi connectivity index (χ1v) is 10.0. The third-order valence-electron chi connectivity index (χ3n) is 3.69. The van der Waals surface area contributed by atoms with Gasteiger partial charge in [-0.3, -0.25) is 10.1 Å². The second-order valence-electron chi connectivity index (χ2n) is 5.82. The number of non-ortho nitro benzene ring substituents is 1. The average Bonchev–Trinajstić information content (AvgIpc) is 2.75. The summed E-state index contributed by atoms with van der Waals surface area (Å²) in [6, 6.07) is 18.8. The van der Waals surface area contributed by atoms with Crippen LogP contribution in [0.15, 0.2) is 90.1 Å². The Labute approximate surface area is 173 Å². The fraction of sp³-hybridized carbons (Fsp3) is 0.100. The Morgan fingerprint density at radius 3 is 2.20 bits per heavy atom. The van der Waals surface area contributed by atoms with Crippen LogP contribution in [0.5, 0.6) is 0 Å². The lowest BCUT2D eigenvalue weighted by Crippen LogP contribution is -2.35. The van der Waals surface area contributed by atoms with E-state index in [4.69, 9.17) is 4.74 Å². The van der Waals surface area contributed by atoms with Crippen molar-refractivity contribution in [3.63, 3.8) is 0 Å². The Morgan fingerprint density at radius 2 is 1.60 bits per heavy atom. The summed E-state index contributed by atoms with van der Waals surface area (Å²) < 4.78 is 38.4. The monoisotopic (exact) mass is 430 g/mol. The van der Waals surface area contributed by atoms with E-state index in [1.807, 2.05) is 53.4 Å². The first kappa shape index (κ1) is 22.7. The van der Waals surface area contributed by atoms with Gasteiger partial charge >= 0.3 is 5.97 Å². The molecule has 1 aromatic heterocycles. The third-order valence-corrected chi connectivity index (χ3v) is 4.52. The van der Waals surface area contributed by atoms with Gasteiger partial charge in [-0.05, 0) is 18.2 Å². The van der Waals surface area contributed by atoms with E-state index in [0.29, 0.717) is 18.7 Å². The Morgan fingerprint density at radius 1 is 0.967 bits per heavy atom. The number of benzene rings is 2. The van der Waals surface area contributed by atoms with Crippen LogP contribution in [0.4, 0.5) is 5.69 Å². The number of nitrogens with zero attached hydrogens (tertiary/aromatic N) is 2. The lowest BCUT2D eigenvalue weighted by atomic mass is 10.2. The van der Waals surface area contributed by atoms with Gasteiger partial charge in [0.05, 0.1) is 15.4 Å². The fourth-order valence-electron chi connectivity index (χ4n) is 2.24. The number of nitro benzene ring substituents is 1. The van der Waals surface area contributed by atoms with Crippen molar-refractivity contribution in [2.24, 2.45) is 0 Å². The molecule has 3 rings (SSSR count). The Kier molecular flexibility index (Phi) is 8.15. The van der Waals surface area contributed by atoms with E-state index in [-0.39, 0.29) is 5.97 Å². The van der Waals surface area contributed by atoms with Crippen molar-refractivity contribution in [3.8, 4) is 0 Å². The summed E-state index contributed by atoms with van der Waals surface area (Å²) in [5.41, 5.74) is 0.169. The van der Waals surface area contributed by atoms with Gasteiger partial charge in [-0.2, -0.15) is 0 Å². The van der Waals surface area contributed by atoms with Crippen LogP contribution in [-0.4, -0.2) is 30.5 Å². The van der Waals surface area contributed by atoms with Gasteiger partial charge < -0.3 is 9.29 Å². The molecule has 0 aliphatic heterocycles. The van der Waals surface area contributed by atoms with Crippen LogP contribution in [0.1, 0.15) is 10.4 Å². The number of carbonyl (C=O) groups is 1. The van der Waals surface area contributed by atoms with E-state index in [1.54, 1.807) is 12.1 Å². The zero-order valence-corrected chi connectivity index (χ0v) is 16.5. The molecule has 156 valence electrons. The van der Waals surface area contributed by atoms with Crippen molar-refractivity contribution in [2.75, 3.05) is 6.61 Å². The average molecular weight is 430 g/mol. The molecular weight excluding hydrogens is 412 g/mol. The smallest absolute Gasteiger partial charge is 0.338 e. The van der Waals surface area contributed by atoms with Crippen molar-refractivity contribution in [2.45, 2.75) is 11.4 Å². The molecule has 9 nitrogen and oxygen atoms in total. The molecule has 0 unspecified atom stereocenters. The summed E-state index contributed by atoms with van der Waals surface area (Å²) in [7, 11) is -4.61. The number of hydrogen-bond acceptors (Lipinski definition) is 7. The number of esters is 1. The molecule has 0 saturated carbocycles. The standard InChI is InChI=1S/C14H14NO2.C6H5NO5S/c16-14(13-7-3-1-4-8-13)17-12-11-15-9-5-2-6-10-15;8-7(9)5-2-1-3-6(4-5)13(10,11)12/h1-10H,11-12H2;1-4H,(H,10,11,12)/q+1;/p-1. The molecule has 0 bridgehead atoms. The zero-order valence-electron chi connectivity index (χ0n) is 15.7. The van der Waals surface area contributed by atoms with Crippen LogP contribution in [0.3, 0.4) is 0 Å². The number of aromatic nitrogens is 1. The fourth-order valence-corrected chi connectivity index (χ4v) is 2.75. The van der Waals surface area contributed by atoms with Crippen molar-refractivity contribution < 1.29 is 32.0 Å². The molecule has 0 atom stereocenters. The minimum absolute atomic E-state index is 0.276. The highest BCUT2D eigenvalue weighted by molar-refractivity contribution is 7.85. The number of ether oxygens (including phenoxy) is 1. The summed E-state index contributed by atoms with van der Waals surface area (Å²) in [5, 5.41) is 10.2. The Hall–Kier alpha value is -3.63. The molecule has 10 heteroatoms. The van der Waals surface area contributed by atoms with Crippen LogP contribution in [0.2, 0.25) is 0 Å². The number of hydrogen-bond donors (Lipinski definition) is 0. The van der Waals surface area contributed by atoms with Gasteiger partial charge in [-0.15, -0.1) is 0 Å². The van der Waals surface area contributed by atoms with Crippen molar-refractivity contribution in [3.05, 3.63) is 101 Å². The normalized spacial score (nSPS) is 10.4. The Balaban J connectivity index is 0.000000222. The van der Waals surface area contributed by atoms with Crippen LogP contribution < -0.4 is 4.57 Å². The molecule has 0 aliphatic carbocycles. The van der Waals surface area contributed by atoms with Gasteiger partial charge in [0, 0.05) is 24.3 Å². The van der Waals surface area contributed by atoms with E-state index in [1.165, 1.54) is 0 Å². The van der Waals surface area contributed by atoms with Gasteiger partial charge in [-0.1, -0.05) is 30.3 Å². The quantitative estimate of drug-likeness (QED) is 0.193. The maximum Gasteiger partial charge on any atom is 0.338 e. The van der Waals surface area contributed by atoms with E-state index in [0.717, 1.165) is 24.3 Å². The van der Waals surface area contributed by atoms with Gasteiger partial charge in [-0.25, -0.2) is 17.8 Å². The highest BCUT2D eigenvalue weighted by atomic mass is 32.2. The van der Waals surface area contributed by atoms with Gasteiger partial charge in [0.15, 0.2) is 25.5 Å². The number of nitro groups is 1. The first-order chi connectivity index (χ1) is 14.3. The zero-order chi connectivity index (χ0) is 22.0. The SMILES string of the molecule is O=C(OCC[n+]1ccccc1)c1ccccc1.O=[N+]([O-])c1cccc(S(=O)(=O)[O-])c1. The summed E-state index contributed by atoms with van der Waals surface area (Å²) in [6.45, 7) is 1.04. The molecule has 3 aromatic rings. The molecule has 1 heterocycles. The maximum atomic E-state index is 11.6. The topological polar surface area (TPSA) is 131 Å². The van der Waals surface area contributed by atoms with Crippen LogP contribution in [0.25, 0.3) is 0 Å². The molecular formula is C20H18N2O7S. The van der Waals surface area contributed by atoms with E-state index in [9.17, 15) is 27.9 Å². The highest BCUT2D eigenvalue weighted by Gasteiger charge is 2.09. The second kappa shape index (κ2) is 10.8. The van der Waals surface area contributed by atoms with Crippen molar-refractivity contribution in [1.82, 2.24) is 0 Å². The van der Waals surface area contributed by atoms with Crippen LogP contribution in [-0.2, 0) is 21.4 Å². The maximum absolute atomic E-state index is 11.6. The lowest BCUT2D eigenvalue weighted by Gasteiger charge is -2.05. The molecule has 2 aromatic carbocycles. The number of carbonyl (C=O) groups excluding carboxylic acids is 1. The summed E-state index contributed by atoms with van der Waals surface area (Å²) in [6.07, 6.45) is 3.88. The molecule has 0 saturated heterocycles. The summed E-state index contributed by atoms with van der Waals surface area (Å²) in [5.74, 6) is -0.276. The summed E-state index contributed by atoms with van der Waals surface area (Å²) in [4.78, 5) is 20.4. The number of rotatable bonds is 6. The second-order valence-corrected chi connectivity index (χ2v) is 7.20. The lowest BCUT2D eigenvalue weighted by molar-refractivity contribution is -0.697. The van der Waals surface area contributed by atoms with Gasteiger partial charge in [0.1, 0.15) is 10.1 Å². The van der Waals surface area contributed by atoms with Gasteiger partial charge in [0.25, 0.3) is 5.69 Å². The summed E-state index contributed by atoms with van der Waals surface area (Å²) >= 11 is 0. The predicted octanol–water partition coefficient (Wildman–Crippen LogP) is 2.33. The molecule has 30 heavy (non-hydrogen) atoms. The number of pyridine rings is 1. The van der Waals surface area contributed by atoms with E-state index in [2.05, 4.69) is 0 Å². The third kappa shape index (κ3) is 7.41. The van der Waals surface area contributed by atoms with E-state index < -0.39 is 25.6 Å². The minimum Gasteiger partial charge on any atom is -0.744 e. The van der Waals surface area contributed by atoms with Gasteiger partial charge in [0.2, 0.25) is 0 Å². The molecule has 0 spiro atoms. The highest BCUT2D eigenvalue weighted by Crippen LogP contribution is 2.16. The van der Waals surface area contributed by atoms with Crippen LogP contribution >= 0.6 is 0 Å². The molecule has 0 amide bonds. The van der Waals surface area contributed by atoms with E-state index >= 15 is 0 Å². The molecule has 0 aliphatic rings. The predicted molar refractivity (Wildman–Crippen MR) is 104 cm³/mol. The Bertz CT molecular complexity index is 1090. The molecule has 0 fully saturated rings. The van der Waals surface area contributed by atoms with Crippen molar-refractivity contribution in [1.29, 1.82) is 0 Å². The molecule has 0 N–H and O–H groups in total. The molecule has 0 radical (unpaired) electrons. The first-order valence-electron chi connectivity index (χ1n) is 8.64. The largest absolute Gasteiger partial charge is 0.744 e. The van der Waals surface area contributed by atoms with Crippen LogP contribution in [0, 0.1) is 10.1 Å².